The molecule has 3 rings (SSSR count). The molecule has 7 heteroatoms. The van der Waals surface area contributed by atoms with Crippen molar-refractivity contribution < 1.29 is 9.90 Å². The maximum atomic E-state index is 11.1. The Kier molecular flexibility index (Phi) is 2.66. The summed E-state index contributed by atoms with van der Waals surface area (Å²) in [5, 5.41) is 17.0. The van der Waals surface area contributed by atoms with Gasteiger partial charge in [-0.25, -0.2) is 9.78 Å². The van der Waals surface area contributed by atoms with E-state index >= 15 is 0 Å². The van der Waals surface area contributed by atoms with Gasteiger partial charge in [0.05, 0.1) is 12.1 Å². The van der Waals surface area contributed by atoms with Crippen LogP contribution in [0.25, 0.3) is 0 Å². The van der Waals surface area contributed by atoms with Gasteiger partial charge in [-0.05, 0) is 19.1 Å². The Bertz CT molecular complexity index is 637. The van der Waals surface area contributed by atoms with E-state index in [9.17, 15) is 4.79 Å². The SMILES string of the molecule is Cc1cc(C(=O)O)cc(N2CCn3cnnc3C2)n1. The number of fused-ring (bicyclic) bond motifs is 1. The lowest BCUT2D eigenvalue weighted by Gasteiger charge is -2.28. The summed E-state index contributed by atoms with van der Waals surface area (Å²) in [5.41, 5.74) is 0.955. The molecule has 7 nitrogen and oxygen atoms in total. The fourth-order valence-corrected chi connectivity index (χ4v) is 2.20. The first-order chi connectivity index (χ1) is 9.13. The topological polar surface area (TPSA) is 84.1 Å². The molecule has 2 aromatic heterocycles. The number of carbonyl (C=O) groups is 1. The molecular weight excluding hydrogens is 246 g/mol. The molecule has 0 fully saturated rings. The zero-order valence-electron chi connectivity index (χ0n) is 10.4. The summed E-state index contributed by atoms with van der Waals surface area (Å²) in [6.07, 6.45) is 1.71. The first-order valence-corrected chi connectivity index (χ1v) is 5.97. The number of carboxylic acids is 1. The Morgan fingerprint density at radius 3 is 3.00 bits per heavy atom. The summed E-state index contributed by atoms with van der Waals surface area (Å²) in [6, 6.07) is 3.17. The number of anilines is 1. The van der Waals surface area contributed by atoms with E-state index in [1.54, 1.807) is 25.4 Å². The minimum Gasteiger partial charge on any atom is -0.478 e. The number of carboxylic acid groups (broad SMARTS) is 1. The average Bonchev–Trinajstić information content (AvgIpc) is 2.85. The van der Waals surface area contributed by atoms with Crippen molar-refractivity contribution in [2.75, 3.05) is 11.4 Å². The van der Waals surface area contributed by atoms with Gasteiger partial charge in [0, 0.05) is 18.8 Å². The van der Waals surface area contributed by atoms with Gasteiger partial charge in [0.15, 0.2) is 5.82 Å². The smallest absolute Gasteiger partial charge is 0.335 e. The van der Waals surface area contributed by atoms with E-state index in [-0.39, 0.29) is 5.56 Å². The van der Waals surface area contributed by atoms with Crippen molar-refractivity contribution in [2.45, 2.75) is 20.0 Å². The number of hydrogen-bond donors (Lipinski definition) is 1. The molecule has 0 unspecified atom stereocenters. The molecule has 1 aliphatic rings. The van der Waals surface area contributed by atoms with Crippen LogP contribution in [0.5, 0.6) is 0 Å². The molecule has 0 saturated carbocycles. The van der Waals surface area contributed by atoms with Crippen LogP contribution < -0.4 is 4.90 Å². The Morgan fingerprint density at radius 1 is 1.37 bits per heavy atom. The fourth-order valence-electron chi connectivity index (χ4n) is 2.20. The summed E-state index contributed by atoms with van der Waals surface area (Å²) in [7, 11) is 0. The monoisotopic (exact) mass is 259 g/mol. The Morgan fingerprint density at radius 2 is 2.21 bits per heavy atom. The summed E-state index contributed by atoms with van der Waals surface area (Å²) in [5.74, 6) is 0.602. The van der Waals surface area contributed by atoms with Crippen LogP contribution in [0.15, 0.2) is 18.5 Å². The lowest BCUT2D eigenvalue weighted by atomic mass is 10.2. The zero-order chi connectivity index (χ0) is 13.4. The summed E-state index contributed by atoms with van der Waals surface area (Å²) in [6.45, 7) is 3.93. The van der Waals surface area contributed by atoms with Crippen LogP contribution in [0.1, 0.15) is 21.9 Å². The lowest BCUT2D eigenvalue weighted by molar-refractivity contribution is 0.0696. The van der Waals surface area contributed by atoms with Crippen molar-refractivity contribution in [3.8, 4) is 0 Å². The minimum atomic E-state index is -0.938. The molecule has 0 aliphatic carbocycles. The number of nitrogens with zero attached hydrogens (tertiary/aromatic N) is 5. The van der Waals surface area contributed by atoms with E-state index < -0.39 is 5.97 Å². The van der Waals surface area contributed by atoms with Gasteiger partial charge in [-0.3, -0.25) is 0 Å². The van der Waals surface area contributed by atoms with Gasteiger partial charge in [0.1, 0.15) is 12.1 Å². The number of hydrogen-bond acceptors (Lipinski definition) is 5. The van der Waals surface area contributed by atoms with E-state index in [4.69, 9.17) is 5.11 Å². The Labute approximate surface area is 109 Å². The molecule has 1 N–H and O–H groups in total. The highest BCUT2D eigenvalue weighted by molar-refractivity contribution is 5.88. The van der Waals surface area contributed by atoms with Crippen molar-refractivity contribution in [3.05, 3.63) is 35.5 Å². The number of aryl methyl sites for hydroxylation is 1. The summed E-state index contributed by atoms with van der Waals surface area (Å²) < 4.78 is 1.99. The molecule has 19 heavy (non-hydrogen) atoms. The van der Waals surface area contributed by atoms with Crippen molar-refractivity contribution in [3.63, 3.8) is 0 Å². The fraction of sp³-hybridized carbons (Fsp3) is 0.333. The molecule has 0 amide bonds. The van der Waals surface area contributed by atoms with Gasteiger partial charge in [0.25, 0.3) is 0 Å². The van der Waals surface area contributed by atoms with Gasteiger partial charge in [0.2, 0.25) is 0 Å². The van der Waals surface area contributed by atoms with Gasteiger partial charge in [-0.2, -0.15) is 0 Å². The Hall–Kier alpha value is -2.44. The van der Waals surface area contributed by atoms with Crippen LogP contribution in [0.4, 0.5) is 5.82 Å². The third kappa shape index (κ3) is 2.14. The quantitative estimate of drug-likeness (QED) is 0.854. The van der Waals surface area contributed by atoms with E-state index in [0.29, 0.717) is 18.1 Å². The van der Waals surface area contributed by atoms with E-state index in [0.717, 1.165) is 18.9 Å². The third-order valence-corrected chi connectivity index (χ3v) is 3.15. The van der Waals surface area contributed by atoms with E-state index in [1.807, 2.05) is 9.47 Å². The summed E-state index contributed by atoms with van der Waals surface area (Å²) in [4.78, 5) is 17.5. The Balaban J connectivity index is 1.93. The normalized spacial score (nSPS) is 14.3. The maximum Gasteiger partial charge on any atom is 0.335 e. The molecule has 0 bridgehead atoms. The molecule has 1 aliphatic heterocycles. The largest absolute Gasteiger partial charge is 0.478 e. The van der Waals surface area contributed by atoms with Crippen LogP contribution in [0, 0.1) is 6.92 Å². The molecule has 98 valence electrons. The zero-order valence-corrected chi connectivity index (χ0v) is 10.4. The molecule has 0 saturated heterocycles. The van der Waals surface area contributed by atoms with E-state index in [1.165, 1.54) is 0 Å². The van der Waals surface area contributed by atoms with Crippen LogP contribution in [-0.4, -0.2) is 37.4 Å². The van der Waals surface area contributed by atoms with Crippen LogP contribution in [0.3, 0.4) is 0 Å². The molecular formula is C12H13N5O2. The van der Waals surface area contributed by atoms with Crippen molar-refractivity contribution in [1.29, 1.82) is 0 Å². The van der Waals surface area contributed by atoms with Crippen molar-refractivity contribution in [1.82, 2.24) is 19.7 Å². The number of rotatable bonds is 2. The highest BCUT2D eigenvalue weighted by Crippen LogP contribution is 2.19. The van der Waals surface area contributed by atoms with Crippen LogP contribution in [-0.2, 0) is 13.1 Å². The lowest BCUT2D eigenvalue weighted by Crippen LogP contribution is -2.34. The number of pyridine rings is 1. The van der Waals surface area contributed by atoms with Crippen LogP contribution >= 0.6 is 0 Å². The summed E-state index contributed by atoms with van der Waals surface area (Å²) >= 11 is 0. The van der Waals surface area contributed by atoms with Crippen molar-refractivity contribution >= 4 is 11.8 Å². The number of aromatic nitrogens is 4. The first kappa shape index (κ1) is 11.6. The van der Waals surface area contributed by atoms with Crippen LogP contribution in [0.2, 0.25) is 0 Å². The number of aromatic carboxylic acids is 1. The van der Waals surface area contributed by atoms with Gasteiger partial charge in [-0.1, -0.05) is 0 Å². The second kappa shape index (κ2) is 4.34. The van der Waals surface area contributed by atoms with Crippen molar-refractivity contribution in [2.24, 2.45) is 0 Å². The average molecular weight is 259 g/mol. The third-order valence-electron chi connectivity index (χ3n) is 3.15. The molecule has 0 atom stereocenters. The molecule has 3 heterocycles. The highest BCUT2D eigenvalue weighted by atomic mass is 16.4. The second-order valence-corrected chi connectivity index (χ2v) is 4.52. The molecule has 0 radical (unpaired) electrons. The molecule has 2 aromatic rings. The van der Waals surface area contributed by atoms with Gasteiger partial charge in [-0.15, -0.1) is 10.2 Å². The first-order valence-electron chi connectivity index (χ1n) is 5.97. The predicted molar refractivity (Wildman–Crippen MR) is 67.0 cm³/mol. The standard InChI is InChI=1S/C12H13N5O2/c1-8-4-9(12(18)19)5-10(14-8)16-2-3-17-7-13-15-11(17)6-16/h4-5,7H,2-3,6H2,1H3,(H,18,19). The molecule has 0 spiro atoms. The predicted octanol–water partition coefficient (Wildman–Crippen LogP) is 0.700. The van der Waals surface area contributed by atoms with E-state index in [2.05, 4.69) is 15.2 Å². The maximum absolute atomic E-state index is 11.1. The second-order valence-electron chi connectivity index (χ2n) is 4.52. The molecule has 0 aromatic carbocycles. The van der Waals surface area contributed by atoms with Gasteiger partial charge >= 0.3 is 5.97 Å². The highest BCUT2D eigenvalue weighted by Gasteiger charge is 2.19. The minimum absolute atomic E-state index is 0.259. The van der Waals surface area contributed by atoms with Gasteiger partial charge < -0.3 is 14.6 Å².